The van der Waals surface area contributed by atoms with Crippen molar-refractivity contribution in [2.24, 2.45) is 0 Å². The van der Waals surface area contributed by atoms with Crippen LogP contribution in [0.25, 0.3) is 0 Å². The molecule has 1 unspecified atom stereocenters. The molecule has 0 aliphatic heterocycles. The molecule has 1 aliphatic carbocycles. The molecular formula is C24H32N3O2+. The standard InChI is InChI=1S/C24H31N3O2/c1-3-18-12-14-19(15-13-18)16-27(2)17-23(28)26-22-11-7-6-10-21(22)24(29)25-20-8-4-5-9-20/h6-7,10-15,20H,3-5,8-9,16-17H2,1-2H3,(H,25,29)(H,26,28)/p+1. The predicted octanol–water partition coefficient (Wildman–Crippen LogP) is 2.57. The van der Waals surface area contributed by atoms with Gasteiger partial charge in [-0.2, -0.15) is 0 Å². The van der Waals surface area contributed by atoms with E-state index in [4.69, 9.17) is 0 Å². The molecule has 29 heavy (non-hydrogen) atoms. The first-order valence-corrected chi connectivity index (χ1v) is 10.6. The molecule has 5 nitrogen and oxygen atoms in total. The fraction of sp³-hybridized carbons (Fsp3) is 0.417. The quantitative estimate of drug-likeness (QED) is 0.644. The summed E-state index contributed by atoms with van der Waals surface area (Å²) in [6, 6.07) is 16.0. The van der Waals surface area contributed by atoms with E-state index in [1.54, 1.807) is 12.1 Å². The van der Waals surface area contributed by atoms with Gasteiger partial charge in [-0.05, 0) is 37.0 Å². The number of likely N-dealkylation sites (N-methyl/N-ethyl adjacent to an activating group) is 1. The maximum atomic E-state index is 12.7. The van der Waals surface area contributed by atoms with Crippen LogP contribution >= 0.6 is 0 Å². The molecular weight excluding hydrogens is 362 g/mol. The Balaban J connectivity index is 1.56. The lowest BCUT2D eigenvalue weighted by Crippen LogP contribution is -3.08. The Morgan fingerprint density at radius 1 is 1.00 bits per heavy atom. The Bertz CT molecular complexity index is 826. The molecule has 2 aromatic rings. The van der Waals surface area contributed by atoms with Gasteiger partial charge in [-0.1, -0.05) is 56.2 Å². The molecule has 0 spiro atoms. The van der Waals surface area contributed by atoms with Crippen LogP contribution in [0.1, 0.15) is 54.1 Å². The number of rotatable bonds is 8. The lowest BCUT2D eigenvalue weighted by atomic mass is 10.1. The Morgan fingerprint density at radius 3 is 2.34 bits per heavy atom. The first-order valence-electron chi connectivity index (χ1n) is 10.6. The van der Waals surface area contributed by atoms with Crippen molar-refractivity contribution >= 4 is 17.5 Å². The fourth-order valence-corrected chi connectivity index (χ4v) is 3.90. The Hall–Kier alpha value is -2.66. The summed E-state index contributed by atoms with van der Waals surface area (Å²) < 4.78 is 0. The Labute approximate surface area is 173 Å². The van der Waals surface area contributed by atoms with Crippen molar-refractivity contribution in [3.63, 3.8) is 0 Å². The average Bonchev–Trinajstić information content (AvgIpc) is 3.21. The monoisotopic (exact) mass is 394 g/mol. The average molecular weight is 395 g/mol. The Kier molecular flexibility index (Phi) is 7.42. The van der Waals surface area contributed by atoms with E-state index in [1.807, 2.05) is 19.2 Å². The third-order valence-corrected chi connectivity index (χ3v) is 5.54. The highest BCUT2D eigenvalue weighted by molar-refractivity contribution is 6.04. The van der Waals surface area contributed by atoms with Gasteiger partial charge in [0.1, 0.15) is 6.54 Å². The molecule has 0 heterocycles. The van der Waals surface area contributed by atoms with Crippen molar-refractivity contribution in [3.05, 3.63) is 65.2 Å². The van der Waals surface area contributed by atoms with E-state index in [9.17, 15) is 9.59 Å². The van der Waals surface area contributed by atoms with Gasteiger partial charge in [-0.15, -0.1) is 0 Å². The highest BCUT2D eigenvalue weighted by Gasteiger charge is 2.20. The van der Waals surface area contributed by atoms with Crippen molar-refractivity contribution in [2.45, 2.75) is 51.6 Å². The van der Waals surface area contributed by atoms with E-state index in [2.05, 4.69) is 41.8 Å². The highest BCUT2D eigenvalue weighted by Crippen LogP contribution is 2.20. The minimum atomic E-state index is -0.107. The summed E-state index contributed by atoms with van der Waals surface area (Å²) in [4.78, 5) is 26.3. The SMILES string of the molecule is CCc1ccc(C[NH+](C)CC(=O)Nc2ccccc2C(=O)NC2CCCC2)cc1. The van der Waals surface area contributed by atoms with Crippen molar-refractivity contribution in [1.29, 1.82) is 0 Å². The van der Waals surface area contributed by atoms with Crippen LogP contribution in [0.2, 0.25) is 0 Å². The van der Waals surface area contributed by atoms with Crippen LogP contribution < -0.4 is 15.5 Å². The van der Waals surface area contributed by atoms with Gasteiger partial charge in [-0.3, -0.25) is 9.59 Å². The maximum Gasteiger partial charge on any atom is 0.279 e. The van der Waals surface area contributed by atoms with Gasteiger partial charge in [0.05, 0.1) is 18.3 Å². The van der Waals surface area contributed by atoms with Gasteiger partial charge in [0.15, 0.2) is 6.54 Å². The van der Waals surface area contributed by atoms with Crippen LogP contribution in [0, 0.1) is 0 Å². The zero-order valence-corrected chi connectivity index (χ0v) is 17.5. The van der Waals surface area contributed by atoms with E-state index in [1.165, 1.54) is 24.0 Å². The van der Waals surface area contributed by atoms with Crippen molar-refractivity contribution in [2.75, 3.05) is 18.9 Å². The van der Waals surface area contributed by atoms with E-state index < -0.39 is 0 Å². The van der Waals surface area contributed by atoms with E-state index in [0.29, 0.717) is 17.8 Å². The van der Waals surface area contributed by atoms with Gasteiger partial charge >= 0.3 is 0 Å². The first kappa shape index (κ1) is 21.1. The molecule has 154 valence electrons. The molecule has 1 aliphatic rings. The summed E-state index contributed by atoms with van der Waals surface area (Å²) in [6.45, 7) is 3.26. The van der Waals surface area contributed by atoms with Gasteiger partial charge in [-0.25, -0.2) is 0 Å². The van der Waals surface area contributed by atoms with Gasteiger partial charge in [0, 0.05) is 11.6 Å². The van der Waals surface area contributed by atoms with Gasteiger partial charge in [0.2, 0.25) is 0 Å². The third kappa shape index (κ3) is 6.16. The lowest BCUT2D eigenvalue weighted by Gasteiger charge is -2.17. The summed E-state index contributed by atoms with van der Waals surface area (Å²) in [7, 11) is 2.01. The summed E-state index contributed by atoms with van der Waals surface area (Å²) in [5, 5.41) is 6.03. The molecule has 2 amide bonds. The summed E-state index contributed by atoms with van der Waals surface area (Å²) >= 11 is 0. The minimum absolute atomic E-state index is 0.0891. The van der Waals surface area contributed by atoms with Crippen LogP contribution in [-0.2, 0) is 17.8 Å². The molecule has 0 saturated heterocycles. The number of para-hydroxylation sites is 1. The summed E-state index contributed by atoms with van der Waals surface area (Å²) in [5.74, 6) is -0.196. The number of aryl methyl sites for hydroxylation is 1. The molecule has 1 saturated carbocycles. The van der Waals surface area contributed by atoms with Crippen LogP contribution in [-0.4, -0.2) is 31.4 Å². The number of hydrogen-bond acceptors (Lipinski definition) is 2. The van der Waals surface area contributed by atoms with Crippen molar-refractivity contribution in [3.8, 4) is 0 Å². The van der Waals surface area contributed by atoms with Crippen LogP contribution in [0.4, 0.5) is 5.69 Å². The molecule has 3 rings (SSSR count). The second-order valence-electron chi connectivity index (χ2n) is 8.03. The third-order valence-electron chi connectivity index (χ3n) is 5.54. The number of quaternary nitrogens is 1. The molecule has 0 aromatic heterocycles. The smallest absolute Gasteiger partial charge is 0.279 e. The summed E-state index contributed by atoms with van der Waals surface area (Å²) in [5.41, 5.74) is 3.63. The number of anilines is 1. The van der Waals surface area contributed by atoms with Gasteiger partial charge in [0.25, 0.3) is 11.8 Å². The normalized spacial score (nSPS) is 15.1. The number of hydrogen-bond donors (Lipinski definition) is 3. The maximum absolute atomic E-state index is 12.7. The molecule has 5 heteroatoms. The number of benzene rings is 2. The topological polar surface area (TPSA) is 62.6 Å². The molecule has 3 N–H and O–H groups in total. The second kappa shape index (κ2) is 10.2. The molecule has 0 bridgehead atoms. The second-order valence-corrected chi connectivity index (χ2v) is 8.03. The predicted molar refractivity (Wildman–Crippen MR) is 116 cm³/mol. The van der Waals surface area contributed by atoms with Crippen LogP contribution in [0.5, 0.6) is 0 Å². The number of carbonyl (C=O) groups is 2. The Morgan fingerprint density at radius 2 is 1.66 bits per heavy atom. The largest absolute Gasteiger partial charge is 0.349 e. The number of carbonyl (C=O) groups excluding carboxylic acids is 2. The molecule has 2 aromatic carbocycles. The van der Waals surface area contributed by atoms with Gasteiger partial charge < -0.3 is 15.5 Å². The van der Waals surface area contributed by atoms with Crippen LogP contribution in [0.15, 0.2) is 48.5 Å². The minimum Gasteiger partial charge on any atom is -0.349 e. The van der Waals surface area contributed by atoms with Crippen molar-refractivity contribution < 1.29 is 14.5 Å². The molecule has 1 atom stereocenters. The number of nitrogens with one attached hydrogen (secondary N) is 3. The fourth-order valence-electron chi connectivity index (χ4n) is 3.90. The first-order chi connectivity index (χ1) is 14.0. The van der Waals surface area contributed by atoms with E-state index in [0.717, 1.165) is 30.7 Å². The lowest BCUT2D eigenvalue weighted by molar-refractivity contribution is -0.885. The zero-order chi connectivity index (χ0) is 20.6. The molecule has 1 fully saturated rings. The number of amides is 2. The van der Waals surface area contributed by atoms with E-state index >= 15 is 0 Å². The van der Waals surface area contributed by atoms with E-state index in [-0.39, 0.29) is 17.9 Å². The van der Waals surface area contributed by atoms with Crippen LogP contribution in [0.3, 0.4) is 0 Å². The van der Waals surface area contributed by atoms with Crippen molar-refractivity contribution in [1.82, 2.24) is 5.32 Å². The highest BCUT2D eigenvalue weighted by atomic mass is 16.2. The zero-order valence-electron chi connectivity index (χ0n) is 17.5. The molecule has 0 radical (unpaired) electrons. The summed E-state index contributed by atoms with van der Waals surface area (Å²) in [6.07, 6.45) is 5.43.